The first-order valence-electron chi connectivity index (χ1n) is 12.8. The number of halogens is 5. The highest BCUT2D eigenvalue weighted by Crippen LogP contribution is 2.39. The Morgan fingerprint density at radius 1 is 1.21 bits per heavy atom. The number of anilines is 1. The second-order valence-electron chi connectivity index (χ2n) is 10.1. The molecule has 0 radical (unpaired) electrons. The minimum absolute atomic E-state index is 0.0746. The van der Waals surface area contributed by atoms with E-state index in [0.29, 0.717) is 23.5 Å². The fraction of sp³-hybridized carbons (Fsp3) is 0.393. The second-order valence-corrected chi connectivity index (χ2v) is 10.5. The van der Waals surface area contributed by atoms with Crippen LogP contribution in [-0.2, 0) is 9.59 Å². The number of nitrogens with one attached hydrogen (secondary N) is 1. The summed E-state index contributed by atoms with van der Waals surface area (Å²) in [6.45, 7) is 0.0746. The van der Waals surface area contributed by atoms with Gasteiger partial charge in [0.25, 0.3) is 5.92 Å². The Kier molecular flexibility index (Phi) is 7.66. The largest absolute Gasteiger partial charge is 0.354 e. The molecule has 1 aliphatic carbocycles. The van der Waals surface area contributed by atoms with Crippen LogP contribution >= 0.6 is 11.6 Å². The number of benzene rings is 2. The molecule has 0 aromatic heterocycles. The molecule has 2 amide bonds. The standard InChI is InChI=1S/C28H27ClF4N4O2/c29-23-7-2-1-6-22(23)26(27(39)35-19-13-28(32,33)14-19)36(20-5-3-4-17(30)12-20)16-21-9-11-25(38)37(21)24-10-8-18(31)15-34-24/h1-7,10,12,15,18-19,21,26H,8-9,11,13-14,16H2,(H,35,39). The fourth-order valence-corrected chi connectivity index (χ4v) is 5.55. The third-order valence-electron chi connectivity index (χ3n) is 7.21. The van der Waals surface area contributed by atoms with Gasteiger partial charge < -0.3 is 10.2 Å². The quantitative estimate of drug-likeness (QED) is 0.427. The van der Waals surface area contributed by atoms with E-state index < -0.39 is 54.8 Å². The van der Waals surface area contributed by atoms with E-state index in [2.05, 4.69) is 10.3 Å². The molecule has 2 aromatic carbocycles. The van der Waals surface area contributed by atoms with E-state index in [4.69, 9.17) is 11.6 Å². The molecule has 6 nitrogen and oxygen atoms in total. The number of likely N-dealkylation sites (tertiary alicyclic amines) is 1. The van der Waals surface area contributed by atoms with Gasteiger partial charge in [0.1, 0.15) is 23.9 Å². The maximum atomic E-state index is 14.4. The Labute approximate surface area is 228 Å². The average molecular weight is 563 g/mol. The minimum Gasteiger partial charge on any atom is -0.354 e. The molecule has 2 aliphatic heterocycles. The lowest BCUT2D eigenvalue weighted by atomic mass is 9.87. The number of hydrogen-bond acceptors (Lipinski definition) is 4. The Morgan fingerprint density at radius 2 is 1.97 bits per heavy atom. The van der Waals surface area contributed by atoms with Crippen LogP contribution in [0.2, 0.25) is 5.02 Å². The van der Waals surface area contributed by atoms with E-state index in [1.165, 1.54) is 23.1 Å². The van der Waals surface area contributed by atoms with Crippen molar-refractivity contribution in [3.05, 3.63) is 76.8 Å². The number of aliphatic imine (C=N–C) groups is 1. The predicted octanol–water partition coefficient (Wildman–Crippen LogP) is 5.59. The number of allylic oxidation sites excluding steroid dienone is 1. The van der Waals surface area contributed by atoms with Crippen molar-refractivity contribution in [2.75, 3.05) is 11.4 Å². The van der Waals surface area contributed by atoms with Crippen LogP contribution in [0.5, 0.6) is 0 Å². The molecule has 2 aromatic rings. The molecule has 1 saturated carbocycles. The van der Waals surface area contributed by atoms with Gasteiger partial charge in [-0.15, -0.1) is 0 Å². The van der Waals surface area contributed by atoms with Crippen LogP contribution in [0.15, 0.2) is 65.4 Å². The molecular weight excluding hydrogens is 536 g/mol. The molecule has 1 saturated heterocycles. The first-order valence-corrected chi connectivity index (χ1v) is 13.1. The number of carbonyl (C=O) groups excluding carboxylic acids is 2. The van der Waals surface area contributed by atoms with Crippen molar-refractivity contribution in [3.63, 3.8) is 0 Å². The van der Waals surface area contributed by atoms with Gasteiger partial charge in [-0.05, 0) is 36.8 Å². The maximum Gasteiger partial charge on any atom is 0.252 e. The van der Waals surface area contributed by atoms with Crippen molar-refractivity contribution in [2.45, 2.75) is 62.3 Å². The van der Waals surface area contributed by atoms with Crippen LogP contribution in [-0.4, -0.2) is 53.7 Å². The summed E-state index contributed by atoms with van der Waals surface area (Å²) in [4.78, 5) is 33.9. The van der Waals surface area contributed by atoms with Crippen molar-refractivity contribution in [2.24, 2.45) is 4.99 Å². The number of carbonyl (C=O) groups is 2. The summed E-state index contributed by atoms with van der Waals surface area (Å²) in [5.74, 6) is -3.82. The Balaban J connectivity index is 1.53. The molecule has 5 rings (SSSR count). The lowest BCUT2D eigenvalue weighted by Crippen LogP contribution is -2.54. The summed E-state index contributed by atoms with van der Waals surface area (Å²) in [6, 6.07) is 10.0. The topological polar surface area (TPSA) is 65.0 Å². The number of rotatable bonds is 8. The zero-order chi connectivity index (χ0) is 27.7. The molecule has 1 N–H and O–H groups in total. The van der Waals surface area contributed by atoms with Gasteiger partial charge in [-0.25, -0.2) is 22.6 Å². The molecule has 3 unspecified atom stereocenters. The highest BCUT2D eigenvalue weighted by Gasteiger charge is 2.47. The van der Waals surface area contributed by atoms with Crippen LogP contribution < -0.4 is 10.2 Å². The van der Waals surface area contributed by atoms with E-state index in [1.807, 2.05) is 0 Å². The molecule has 3 aliphatic rings. The zero-order valence-electron chi connectivity index (χ0n) is 20.9. The summed E-state index contributed by atoms with van der Waals surface area (Å²) < 4.78 is 55.2. The molecule has 206 valence electrons. The predicted molar refractivity (Wildman–Crippen MR) is 140 cm³/mol. The van der Waals surface area contributed by atoms with Gasteiger partial charge in [-0.2, -0.15) is 0 Å². The molecule has 2 fully saturated rings. The average Bonchev–Trinajstić information content (AvgIpc) is 3.24. The van der Waals surface area contributed by atoms with Crippen molar-refractivity contribution in [3.8, 4) is 0 Å². The van der Waals surface area contributed by atoms with Crippen molar-refractivity contribution in [1.29, 1.82) is 0 Å². The third kappa shape index (κ3) is 5.95. The molecular formula is C28H27ClF4N4O2. The number of nitrogens with zero attached hydrogens (tertiary/aromatic N) is 3. The third-order valence-corrected chi connectivity index (χ3v) is 7.55. The normalized spacial score (nSPS) is 23.3. The van der Waals surface area contributed by atoms with Crippen molar-refractivity contribution >= 4 is 35.3 Å². The summed E-state index contributed by atoms with van der Waals surface area (Å²) in [6.07, 6.45) is 1.25. The highest BCUT2D eigenvalue weighted by molar-refractivity contribution is 6.31. The number of alkyl halides is 3. The molecule has 3 atom stereocenters. The van der Waals surface area contributed by atoms with Gasteiger partial charge in [-0.1, -0.05) is 35.9 Å². The lowest BCUT2D eigenvalue weighted by Gasteiger charge is -2.40. The molecule has 39 heavy (non-hydrogen) atoms. The Morgan fingerprint density at radius 3 is 2.64 bits per heavy atom. The van der Waals surface area contributed by atoms with Gasteiger partial charge in [0, 0.05) is 60.8 Å². The van der Waals surface area contributed by atoms with Crippen LogP contribution in [0, 0.1) is 5.82 Å². The van der Waals surface area contributed by atoms with E-state index in [9.17, 15) is 27.2 Å². The monoisotopic (exact) mass is 562 g/mol. The number of hydrogen-bond donors (Lipinski definition) is 1. The summed E-state index contributed by atoms with van der Waals surface area (Å²) in [5, 5.41) is 2.98. The lowest BCUT2D eigenvalue weighted by molar-refractivity contribution is -0.130. The Hall–Kier alpha value is -3.40. The maximum absolute atomic E-state index is 14.4. The molecule has 0 spiro atoms. The van der Waals surface area contributed by atoms with Crippen molar-refractivity contribution in [1.82, 2.24) is 10.2 Å². The summed E-state index contributed by atoms with van der Waals surface area (Å²) in [7, 11) is 0. The van der Waals surface area contributed by atoms with Gasteiger partial charge in [0.2, 0.25) is 11.8 Å². The van der Waals surface area contributed by atoms with Crippen LogP contribution in [0.3, 0.4) is 0 Å². The second kappa shape index (κ2) is 11.0. The smallest absolute Gasteiger partial charge is 0.252 e. The SMILES string of the molecule is O=C(NC1CC(F)(F)C1)C(c1ccccc1Cl)N(CC1CCC(=O)N1C1=CCC(F)C=N1)c1cccc(F)c1. The molecule has 2 heterocycles. The first kappa shape index (κ1) is 27.2. The van der Waals surface area contributed by atoms with E-state index in [-0.39, 0.29) is 30.3 Å². The van der Waals surface area contributed by atoms with Gasteiger partial charge in [0.15, 0.2) is 0 Å². The molecule has 11 heteroatoms. The highest BCUT2D eigenvalue weighted by atomic mass is 35.5. The van der Waals surface area contributed by atoms with E-state index >= 15 is 0 Å². The van der Waals surface area contributed by atoms with Gasteiger partial charge in [-0.3, -0.25) is 14.5 Å². The van der Waals surface area contributed by atoms with Gasteiger partial charge >= 0.3 is 0 Å². The van der Waals surface area contributed by atoms with Gasteiger partial charge in [0.05, 0.1) is 6.04 Å². The Bertz CT molecular complexity index is 1310. The molecule has 0 bridgehead atoms. The number of amides is 2. The van der Waals surface area contributed by atoms with Crippen molar-refractivity contribution < 1.29 is 27.2 Å². The fourth-order valence-electron chi connectivity index (χ4n) is 5.31. The van der Waals surface area contributed by atoms with Crippen LogP contribution in [0.1, 0.15) is 43.7 Å². The van der Waals surface area contributed by atoms with Crippen LogP contribution in [0.4, 0.5) is 23.2 Å². The summed E-state index contributed by atoms with van der Waals surface area (Å²) in [5.41, 5.74) is 0.747. The van der Waals surface area contributed by atoms with E-state index in [0.717, 1.165) is 6.21 Å². The zero-order valence-corrected chi connectivity index (χ0v) is 21.6. The summed E-state index contributed by atoms with van der Waals surface area (Å²) >= 11 is 6.53. The van der Waals surface area contributed by atoms with Crippen LogP contribution in [0.25, 0.3) is 0 Å². The van der Waals surface area contributed by atoms with E-state index in [1.54, 1.807) is 41.3 Å². The minimum atomic E-state index is -2.84. The first-order chi connectivity index (χ1) is 18.6.